The Hall–Kier alpha value is 1.04. The van der Waals surface area contributed by atoms with E-state index in [0.717, 1.165) is 45.2 Å². The molecule has 0 rings (SSSR count). The van der Waals surface area contributed by atoms with Gasteiger partial charge in [0.1, 0.15) is 7.85 Å². The van der Waals surface area contributed by atoms with Crippen molar-refractivity contribution in [2.45, 2.75) is 20.2 Å². The minimum absolute atomic E-state index is 0.747. The highest BCUT2D eigenvalue weighted by Gasteiger charge is 2.52. The van der Waals surface area contributed by atoms with E-state index in [0.29, 0.717) is 0 Å². The Morgan fingerprint density at radius 1 is 0.667 bits per heavy atom. The molecule has 2 atom stereocenters. The van der Waals surface area contributed by atoms with Crippen LogP contribution < -0.4 is 0 Å². The van der Waals surface area contributed by atoms with Crippen LogP contribution in [0.25, 0.3) is 0 Å². The van der Waals surface area contributed by atoms with Gasteiger partial charge in [0.05, 0.1) is 0 Å². The first-order chi connectivity index (χ1) is 5.07. The standard InChI is InChI=1S/C4H2F6I2/c5-3(6,7)1(11)2(12)4(8,9)10/h1-2H. The molecule has 0 aromatic heterocycles. The largest absolute Gasteiger partial charge is 0.401 e. The van der Waals surface area contributed by atoms with Crippen LogP contribution >= 0.6 is 45.2 Å². The van der Waals surface area contributed by atoms with E-state index in [2.05, 4.69) is 0 Å². The fourth-order valence-corrected chi connectivity index (χ4v) is 1.15. The van der Waals surface area contributed by atoms with Crippen LogP contribution in [0.5, 0.6) is 0 Å². The van der Waals surface area contributed by atoms with Gasteiger partial charge in [-0.15, -0.1) is 0 Å². The smallest absolute Gasteiger partial charge is 0.170 e. The predicted molar refractivity (Wildman–Crippen MR) is 47.7 cm³/mol. The number of rotatable bonds is 1. The third-order valence-electron chi connectivity index (χ3n) is 0.882. The predicted octanol–water partition coefficient (Wildman–Crippen LogP) is 3.72. The van der Waals surface area contributed by atoms with E-state index in [4.69, 9.17) is 0 Å². The van der Waals surface area contributed by atoms with Crippen LogP contribution in [0, 0.1) is 0 Å². The van der Waals surface area contributed by atoms with Crippen LogP contribution in [-0.2, 0) is 0 Å². The molecule has 0 aliphatic carbocycles. The molecule has 0 radical (unpaired) electrons. The number of hydrogen-bond acceptors (Lipinski definition) is 0. The Balaban J connectivity index is 4.41. The minimum atomic E-state index is -4.80. The Morgan fingerprint density at radius 3 is 0.917 bits per heavy atom. The molecule has 0 N–H and O–H groups in total. The second-order valence-electron chi connectivity index (χ2n) is 1.89. The molecule has 0 amide bonds. The quantitative estimate of drug-likeness (QED) is 0.346. The fourth-order valence-electron chi connectivity index (χ4n) is 0.332. The van der Waals surface area contributed by atoms with Crippen LogP contribution in [-0.4, -0.2) is 20.2 Å². The highest BCUT2D eigenvalue weighted by Crippen LogP contribution is 2.40. The van der Waals surface area contributed by atoms with Crippen LogP contribution in [0.15, 0.2) is 0 Å². The minimum Gasteiger partial charge on any atom is -0.170 e. The first-order valence-electron chi connectivity index (χ1n) is 2.48. The molecule has 0 aromatic rings. The van der Waals surface area contributed by atoms with Gasteiger partial charge in [0.15, 0.2) is 0 Å². The topological polar surface area (TPSA) is 0 Å². The van der Waals surface area contributed by atoms with Crippen molar-refractivity contribution in [2.75, 3.05) is 0 Å². The van der Waals surface area contributed by atoms with Crippen molar-refractivity contribution in [3.05, 3.63) is 0 Å². The molecule has 8 heteroatoms. The summed E-state index contributed by atoms with van der Waals surface area (Å²) in [5, 5.41) is 0. The zero-order chi connectivity index (χ0) is 10.2. The third kappa shape index (κ3) is 3.83. The molecule has 0 nitrogen and oxygen atoms in total. The first-order valence-corrected chi connectivity index (χ1v) is 4.97. The maximum absolute atomic E-state index is 11.7. The van der Waals surface area contributed by atoms with Crippen LogP contribution in [0.2, 0.25) is 0 Å². The molecule has 74 valence electrons. The van der Waals surface area contributed by atoms with Crippen molar-refractivity contribution < 1.29 is 26.3 Å². The zero-order valence-electron chi connectivity index (χ0n) is 5.18. The molecule has 0 spiro atoms. The van der Waals surface area contributed by atoms with Gasteiger partial charge in [0, 0.05) is 0 Å². The van der Waals surface area contributed by atoms with Gasteiger partial charge in [-0.3, -0.25) is 0 Å². The van der Waals surface area contributed by atoms with E-state index in [1.807, 2.05) is 0 Å². The van der Waals surface area contributed by atoms with E-state index in [-0.39, 0.29) is 0 Å². The Kier molecular flexibility index (Phi) is 4.40. The Morgan fingerprint density at radius 2 is 0.833 bits per heavy atom. The molecule has 12 heavy (non-hydrogen) atoms. The van der Waals surface area contributed by atoms with Crippen molar-refractivity contribution in [3.63, 3.8) is 0 Å². The normalized spacial score (nSPS) is 19.0. The molecule has 0 saturated carbocycles. The van der Waals surface area contributed by atoms with Gasteiger partial charge >= 0.3 is 12.4 Å². The lowest BCUT2D eigenvalue weighted by molar-refractivity contribution is -0.167. The summed E-state index contributed by atoms with van der Waals surface area (Å²) >= 11 is 1.49. The fraction of sp³-hybridized carbons (Fsp3) is 1.00. The van der Waals surface area contributed by atoms with Gasteiger partial charge in [-0.1, -0.05) is 45.2 Å². The van der Waals surface area contributed by atoms with E-state index in [1.165, 1.54) is 0 Å². The average molecular weight is 418 g/mol. The van der Waals surface area contributed by atoms with Crippen molar-refractivity contribution in [1.29, 1.82) is 0 Å². The molecule has 0 bridgehead atoms. The highest BCUT2D eigenvalue weighted by molar-refractivity contribution is 14.1. The molecule has 0 aliphatic heterocycles. The molecule has 2 unspecified atom stereocenters. The Labute approximate surface area is 91.4 Å². The monoisotopic (exact) mass is 418 g/mol. The van der Waals surface area contributed by atoms with Gasteiger partial charge in [-0.25, -0.2) is 0 Å². The molecular formula is C4H2F6I2. The summed E-state index contributed by atoms with van der Waals surface area (Å²) in [6, 6.07) is 0. The van der Waals surface area contributed by atoms with Crippen molar-refractivity contribution in [3.8, 4) is 0 Å². The van der Waals surface area contributed by atoms with Gasteiger partial charge in [0.2, 0.25) is 0 Å². The van der Waals surface area contributed by atoms with E-state index in [1.54, 1.807) is 0 Å². The van der Waals surface area contributed by atoms with E-state index in [9.17, 15) is 26.3 Å². The molecule has 0 aliphatic rings. The number of alkyl halides is 8. The van der Waals surface area contributed by atoms with Crippen molar-refractivity contribution in [1.82, 2.24) is 0 Å². The molecule has 0 heterocycles. The summed E-state index contributed by atoms with van der Waals surface area (Å²) in [4.78, 5) is 0. The molecular weight excluding hydrogens is 416 g/mol. The second-order valence-corrected chi connectivity index (χ2v) is 4.57. The summed E-state index contributed by atoms with van der Waals surface area (Å²) in [6.45, 7) is 0. The first kappa shape index (κ1) is 13.0. The van der Waals surface area contributed by atoms with E-state index >= 15 is 0 Å². The van der Waals surface area contributed by atoms with E-state index < -0.39 is 20.2 Å². The summed E-state index contributed by atoms with van der Waals surface area (Å²) in [6.07, 6.45) is -9.61. The number of halogens is 8. The lowest BCUT2D eigenvalue weighted by atomic mass is 10.3. The summed E-state index contributed by atoms with van der Waals surface area (Å²) in [5.41, 5.74) is 0. The van der Waals surface area contributed by atoms with Gasteiger partial charge in [-0.05, 0) is 0 Å². The van der Waals surface area contributed by atoms with Gasteiger partial charge in [0.25, 0.3) is 0 Å². The number of hydrogen-bond donors (Lipinski definition) is 0. The summed E-state index contributed by atoms with van der Waals surface area (Å²) in [5.74, 6) is 0. The summed E-state index contributed by atoms with van der Waals surface area (Å²) in [7, 11) is 0. The zero-order valence-corrected chi connectivity index (χ0v) is 9.49. The summed E-state index contributed by atoms with van der Waals surface area (Å²) < 4.78 is 65.5. The average Bonchev–Trinajstić information content (AvgIpc) is 1.80. The lowest BCUT2D eigenvalue weighted by Crippen LogP contribution is -2.40. The van der Waals surface area contributed by atoms with Gasteiger partial charge in [-0.2, -0.15) is 26.3 Å². The van der Waals surface area contributed by atoms with Gasteiger partial charge < -0.3 is 0 Å². The molecule has 0 fully saturated rings. The third-order valence-corrected chi connectivity index (χ3v) is 5.11. The second kappa shape index (κ2) is 4.05. The van der Waals surface area contributed by atoms with Crippen LogP contribution in [0.3, 0.4) is 0 Å². The lowest BCUT2D eigenvalue weighted by Gasteiger charge is -2.21. The Bertz CT molecular complexity index is 131. The van der Waals surface area contributed by atoms with Crippen molar-refractivity contribution >= 4 is 45.2 Å². The van der Waals surface area contributed by atoms with Crippen LogP contribution in [0.1, 0.15) is 0 Å². The highest BCUT2D eigenvalue weighted by atomic mass is 127. The molecule has 0 aromatic carbocycles. The SMILES string of the molecule is FC(F)(F)C(I)C(I)C(F)(F)F. The van der Waals surface area contributed by atoms with Crippen LogP contribution in [0.4, 0.5) is 26.3 Å². The maximum atomic E-state index is 11.7. The van der Waals surface area contributed by atoms with Crippen molar-refractivity contribution in [2.24, 2.45) is 0 Å². The molecule has 0 saturated heterocycles. The maximum Gasteiger partial charge on any atom is 0.401 e.